The van der Waals surface area contributed by atoms with Crippen molar-refractivity contribution in [2.24, 2.45) is 0 Å². The first-order valence-electron chi connectivity index (χ1n) is 13.2. The summed E-state index contributed by atoms with van der Waals surface area (Å²) >= 11 is 0. The van der Waals surface area contributed by atoms with Crippen LogP contribution in [0, 0.1) is 5.82 Å². The highest BCUT2D eigenvalue weighted by atomic mass is 19.1. The highest BCUT2D eigenvalue weighted by molar-refractivity contribution is 5.79. The van der Waals surface area contributed by atoms with Gasteiger partial charge in [0.15, 0.2) is 6.29 Å². The van der Waals surface area contributed by atoms with Gasteiger partial charge in [0.1, 0.15) is 5.82 Å². The normalized spacial score (nSPS) is 17.6. The summed E-state index contributed by atoms with van der Waals surface area (Å²) in [5.41, 5.74) is 2.87. The first kappa shape index (κ1) is 25.6. The van der Waals surface area contributed by atoms with Crippen molar-refractivity contribution in [3.8, 4) is 5.69 Å². The number of carbonyl (C=O) groups excluding carboxylic acids is 1. The van der Waals surface area contributed by atoms with Crippen molar-refractivity contribution in [1.29, 1.82) is 0 Å². The van der Waals surface area contributed by atoms with E-state index in [1.165, 1.54) is 12.1 Å². The molecule has 2 fully saturated rings. The van der Waals surface area contributed by atoms with Crippen molar-refractivity contribution < 1.29 is 18.7 Å². The van der Waals surface area contributed by atoms with Crippen LogP contribution in [-0.4, -0.2) is 70.7 Å². The summed E-state index contributed by atoms with van der Waals surface area (Å²) in [7, 11) is 0. The maximum atomic E-state index is 13.6. The molecule has 1 amide bonds. The minimum absolute atomic E-state index is 0.0947. The summed E-state index contributed by atoms with van der Waals surface area (Å²) in [6.07, 6.45) is 7.54. The molecule has 0 spiro atoms. The first-order valence-corrected chi connectivity index (χ1v) is 13.2. The summed E-state index contributed by atoms with van der Waals surface area (Å²) < 4.78 is 26.7. The molecule has 0 radical (unpaired) electrons. The van der Waals surface area contributed by atoms with Crippen LogP contribution < -0.4 is 0 Å². The maximum absolute atomic E-state index is 13.6. The van der Waals surface area contributed by atoms with Crippen LogP contribution in [0.5, 0.6) is 0 Å². The number of carbonyl (C=O) groups is 1. The number of rotatable bonds is 9. The van der Waals surface area contributed by atoms with E-state index in [-0.39, 0.29) is 24.1 Å². The molecule has 196 valence electrons. The van der Waals surface area contributed by atoms with Crippen LogP contribution in [0.1, 0.15) is 36.8 Å². The van der Waals surface area contributed by atoms with Crippen LogP contribution in [0.15, 0.2) is 67.0 Å². The van der Waals surface area contributed by atoms with Crippen molar-refractivity contribution in [3.63, 3.8) is 0 Å². The zero-order valence-electron chi connectivity index (χ0n) is 21.2. The van der Waals surface area contributed by atoms with E-state index >= 15 is 0 Å². The lowest BCUT2D eigenvalue weighted by Gasteiger charge is -2.39. The number of ether oxygens (including phenoxy) is 2. The minimum atomic E-state index is -0.266. The third-order valence-corrected chi connectivity index (χ3v) is 7.22. The van der Waals surface area contributed by atoms with Gasteiger partial charge in [-0.25, -0.2) is 9.07 Å². The van der Waals surface area contributed by atoms with Crippen LogP contribution >= 0.6 is 0 Å². The van der Waals surface area contributed by atoms with Gasteiger partial charge < -0.3 is 19.3 Å². The highest BCUT2D eigenvalue weighted by Crippen LogP contribution is 2.22. The van der Waals surface area contributed by atoms with Crippen molar-refractivity contribution in [3.05, 3.63) is 83.9 Å². The van der Waals surface area contributed by atoms with Crippen LogP contribution in [0.2, 0.25) is 0 Å². The van der Waals surface area contributed by atoms with E-state index in [0.717, 1.165) is 75.3 Å². The van der Waals surface area contributed by atoms with Crippen molar-refractivity contribution in [1.82, 2.24) is 19.6 Å². The fourth-order valence-electron chi connectivity index (χ4n) is 5.12. The molecule has 37 heavy (non-hydrogen) atoms. The summed E-state index contributed by atoms with van der Waals surface area (Å²) in [5.74, 6) is -0.170. The van der Waals surface area contributed by atoms with E-state index < -0.39 is 0 Å². The monoisotopic (exact) mass is 506 g/mol. The standard InChI is InChI=1S/C29H35FN4O3/c30-25-7-3-24(4-8-25)22-33(26-11-16-32(17-12-26)18-13-29-36-19-2-20-37-29)28(35)21-23-5-9-27(10-6-23)34-15-1-14-31-34/h1,3-10,14-15,26,29H,2,11-13,16-22H2. The van der Waals surface area contributed by atoms with Crippen LogP contribution in [0.4, 0.5) is 4.39 Å². The number of likely N-dealkylation sites (tertiary alicyclic amines) is 1. The molecular formula is C29H35FN4O3. The molecule has 1 aromatic heterocycles. The quantitative estimate of drug-likeness (QED) is 0.435. The first-order chi connectivity index (χ1) is 18.1. The van der Waals surface area contributed by atoms with E-state index in [4.69, 9.17) is 9.47 Å². The molecule has 2 aliphatic heterocycles. The molecule has 8 heteroatoms. The summed E-state index contributed by atoms with van der Waals surface area (Å²) in [5, 5.41) is 4.26. The number of halogens is 1. The Balaban J connectivity index is 1.21. The second-order valence-electron chi connectivity index (χ2n) is 9.83. The topological polar surface area (TPSA) is 59.8 Å². The average Bonchev–Trinajstić information content (AvgIpc) is 3.48. The number of piperidine rings is 1. The van der Waals surface area contributed by atoms with Crippen LogP contribution in [0.25, 0.3) is 5.69 Å². The van der Waals surface area contributed by atoms with Gasteiger partial charge in [-0.05, 0) is 60.7 Å². The molecule has 2 aromatic carbocycles. The lowest BCUT2D eigenvalue weighted by atomic mass is 10.0. The Morgan fingerprint density at radius 3 is 2.38 bits per heavy atom. The molecule has 2 saturated heterocycles. The Bertz CT molecular complexity index is 1110. The minimum Gasteiger partial charge on any atom is -0.353 e. The second-order valence-corrected chi connectivity index (χ2v) is 9.83. The lowest BCUT2D eigenvalue weighted by molar-refractivity contribution is -0.182. The van der Waals surface area contributed by atoms with Crippen molar-refractivity contribution in [2.75, 3.05) is 32.8 Å². The van der Waals surface area contributed by atoms with E-state index in [1.807, 2.05) is 41.4 Å². The molecule has 3 aromatic rings. The largest absolute Gasteiger partial charge is 0.353 e. The van der Waals surface area contributed by atoms with Gasteiger partial charge in [-0.1, -0.05) is 24.3 Å². The Morgan fingerprint density at radius 1 is 1.00 bits per heavy atom. The second kappa shape index (κ2) is 12.4. The number of hydrogen-bond acceptors (Lipinski definition) is 5. The average molecular weight is 507 g/mol. The Morgan fingerprint density at radius 2 is 1.70 bits per heavy atom. The highest BCUT2D eigenvalue weighted by Gasteiger charge is 2.28. The molecule has 3 heterocycles. The summed E-state index contributed by atoms with van der Waals surface area (Å²) in [6.45, 7) is 4.84. The molecule has 0 N–H and O–H groups in total. The molecule has 0 bridgehead atoms. The third kappa shape index (κ3) is 7.03. The van der Waals surface area contributed by atoms with Gasteiger partial charge in [0.2, 0.25) is 5.91 Å². The van der Waals surface area contributed by atoms with E-state index in [0.29, 0.717) is 13.0 Å². The van der Waals surface area contributed by atoms with Gasteiger partial charge in [-0.3, -0.25) is 4.79 Å². The fraction of sp³-hybridized carbons (Fsp3) is 0.448. The van der Waals surface area contributed by atoms with Gasteiger partial charge in [0, 0.05) is 51.0 Å². The molecule has 0 saturated carbocycles. The number of hydrogen-bond donors (Lipinski definition) is 0. The van der Waals surface area contributed by atoms with E-state index in [2.05, 4.69) is 10.00 Å². The fourth-order valence-corrected chi connectivity index (χ4v) is 5.12. The summed E-state index contributed by atoms with van der Waals surface area (Å²) in [4.78, 5) is 18.0. The molecule has 2 aliphatic rings. The number of benzene rings is 2. The zero-order chi connectivity index (χ0) is 25.5. The van der Waals surface area contributed by atoms with Crippen LogP contribution in [-0.2, 0) is 27.2 Å². The molecular weight excluding hydrogens is 471 g/mol. The molecule has 5 rings (SSSR count). The third-order valence-electron chi connectivity index (χ3n) is 7.22. The Labute approximate surface area is 217 Å². The van der Waals surface area contributed by atoms with Gasteiger partial charge in [0.05, 0.1) is 25.3 Å². The number of nitrogens with zero attached hydrogens (tertiary/aromatic N) is 4. The van der Waals surface area contributed by atoms with Gasteiger partial charge in [0.25, 0.3) is 0 Å². The SMILES string of the molecule is O=C(Cc1ccc(-n2cccn2)cc1)N(Cc1ccc(F)cc1)C1CCN(CCC2OCCCO2)CC1. The van der Waals surface area contributed by atoms with E-state index in [1.54, 1.807) is 23.0 Å². The predicted octanol–water partition coefficient (Wildman–Crippen LogP) is 4.20. The molecule has 0 unspecified atom stereocenters. The number of aromatic nitrogens is 2. The number of amides is 1. The summed E-state index contributed by atoms with van der Waals surface area (Å²) in [6, 6.07) is 16.4. The van der Waals surface area contributed by atoms with Gasteiger partial charge >= 0.3 is 0 Å². The molecule has 0 aliphatic carbocycles. The smallest absolute Gasteiger partial charge is 0.227 e. The molecule has 0 atom stereocenters. The van der Waals surface area contributed by atoms with E-state index in [9.17, 15) is 9.18 Å². The Hall–Kier alpha value is -3.07. The predicted molar refractivity (Wildman–Crippen MR) is 139 cm³/mol. The Kier molecular flexibility index (Phi) is 8.61. The lowest BCUT2D eigenvalue weighted by Crippen LogP contribution is -2.48. The van der Waals surface area contributed by atoms with Crippen LogP contribution in [0.3, 0.4) is 0 Å². The van der Waals surface area contributed by atoms with Crippen molar-refractivity contribution >= 4 is 5.91 Å². The maximum Gasteiger partial charge on any atom is 0.227 e. The zero-order valence-corrected chi connectivity index (χ0v) is 21.2. The van der Waals surface area contributed by atoms with Gasteiger partial charge in [-0.15, -0.1) is 0 Å². The van der Waals surface area contributed by atoms with Gasteiger partial charge in [-0.2, -0.15) is 5.10 Å². The molecule has 7 nitrogen and oxygen atoms in total. The van der Waals surface area contributed by atoms with Crippen molar-refractivity contribution in [2.45, 2.75) is 51.0 Å².